The van der Waals surface area contributed by atoms with Gasteiger partial charge in [0.25, 0.3) is 5.91 Å². The van der Waals surface area contributed by atoms with E-state index in [4.69, 9.17) is 4.74 Å². The molecule has 2 amide bonds. The minimum absolute atomic E-state index is 0.127. The van der Waals surface area contributed by atoms with Crippen LogP contribution in [0.2, 0.25) is 0 Å². The van der Waals surface area contributed by atoms with Gasteiger partial charge >= 0.3 is 0 Å². The van der Waals surface area contributed by atoms with E-state index in [9.17, 15) is 9.59 Å². The third-order valence-corrected chi connectivity index (χ3v) is 5.73. The molecule has 8 heteroatoms. The van der Waals surface area contributed by atoms with Gasteiger partial charge in [-0.25, -0.2) is 9.97 Å². The highest BCUT2D eigenvalue weighted by Gasteiger charge is 2.41. The highest BCUT2D eigenvalue weighted by molar-refractivity contribution is 5.91. The normalized spacial score (nSPS) is 18.7. The van der Waals surface area contributed by atoms with Crippen LogP contribution in [0.15, 0.2) is 36.4 Å². The van der Waals surface area contributed by atoms with E-state index in [0.29, 0.717) is 18.8 Å². The van der Waals surface area contributed by atoms with Crippen LogP contribution < -0.4 is 15.4 Å². The minimum Gasteiger partial charge on any atom is -0.484 e. The maximum atomic E-state index is 13.4. The predicted molar refractivity (Wildman–Crippen MR) is 124 cm³/mol. The SMILES string of the molecule is CNc1cc(C)nc([C@]2(C)CCCN(C(=O)C(C)(C)NC(=O)COc3ccccc3)C2)n1. The van der Waals surface area contributed by atoms with Gasteiger partial charge in [-0.1, -0.05) is 25.1 Å². The molecule has 0 radical (unpaired) electrons. The largest absolute Gasteiger partial charge is 0.484 e. The van der Waals surface area contributed by atoms with Gasteiger partial charge in [0, 0.05) is 37.3 Å². The van der Waals surface area contributed by atoms with Gasteiger partial charge in [-0.3, -0.25) is 9.59 Å². The summed E-state index contributed by atoms with van der Waals surface area (Å²) in [7, 11) is 1.83. The third-order valence-electron chi connectivity index (χ3n) is 5.73. The number of para-hydroxylation sites is 1. The smallest absolute Gasteiger partial charge is 0.258 e. The van der Waals surface area contributed by atoms with Crippen molar-refractivity contribution in [3.63, 3.8) is 0 Å². The van der Waals surface area contributed by atoms with E-state index in [1.165, 1.54) is 0 Å². The van der Waals surface area contributed by atoms with Crippen LogP contribution in [0, 0.1) is 6.92 Å². The molecule has 0 saturated carbocycles. The van der Waals surface area contributed by atoms with Crippen molar-refractivity contribution in [3.05, 3.63) is 47.9 Å². The molecule has 2 N–H and O–H groups in total. The van der Waals surface area contributed by atoms with Crippen molar-refractivity contribution < 1.29 is 14.3 Å². The first-order valence-corrected chi connectivity index (χ1v) is 11.0. The Kier molecular flexibility index (Phi) is 7.01. The van der Waals surface area contributed by atoms with Crippen molar-refractivity contribution in [1.82, 2.24) is 20.2 Å². The van der Waals surface area contributed by atoms with E-state index in [0.717, 1.165) is 30.2 Å². The number of carbonyl (C=O) groups is 2. The Hall–Kier alpha value is -3.16. The summed E-state index contributed by atoms with van der Waals surface area (Å²) in [6.45, 7) is 8.48. The Morgan fingerprint density at radius 2 is 1.94 bits per heavy atom. The van der Waals surface area contributed by atoms with Gasteiger partial charge in [0.15, 0.2) is 6.61 Å². The van der Waals surface area contributed by atoms with Crippen molar-refractivity contribution in [2.45, 2.75) is 51.5 Å². The van der Waals surface area contributed by atoms with Gasteiger partial charge in [-0.05, 0) is 45.7 Å². The van der Waals surface area contributed by atoms with Crippen molar-refractivity contribution in [1.29, 1.82) is 0 Å². The molecule has 2 aromatic rings. The molecule has 1 saturated heterocycles. The molecule has 1 atom stereocenters. The zero-order valence-electron chi connectivity index (χ0n) is 19.6. The number of nitrogens with one attached hydrogen (secondary N) is 2. The maximum Gasteiger partial charge on any atom is 0.258 e. The fourth-order valence-electron chi connectivity index (χ4n) is 4.06. The number of piperidine rings is 1. The second-order valence-corrected chi connectivity index (χ2v) is 9.13. The van der Waals surface area contributed by atoms with Crippen LogP contribution >= 0.6 is 0 Å². The summed E-state index contributed by atoms with van der Waals surface area (Å²) in [6.07, 6.45) is 1.73. The van der Waals surface area contributed by atoms with E-state index in [-0.39, 0.29) is 23.8 Å². The highest BCUT2D eigenvalue weighted by atomic mass is 16.5. The van der Waals surface area contributed by atoms with Crippen molar-refractivity contribution >= 4 is 17.6 Å². The summed E-state index contributed by atoms with van der Waals surface area (Å²) in [6, 6.07) is 11.0. The number of hydrogen-bond acceptors (Lipinski definition) is 6. The van der Waals surface area contributed by atoms with Gasteiger partial charge in [0.2, 0.25) is 5.91 Å². The molecule has 32 heavy (non-hydrogen) atoms. The van der Waals surface area contributed by atoms with E-state index in [1.807, 2.05) is 43.1 Å². The fraction of sp³-hybridized carbons (Fsp3) is 0.500. The van der Waals surface area contributed by atoms with Crippen LogP contribution in [-0.2, 0) is 15.0 Å². The summed E-state index contributed by atoms with van der Waals surface area (Å²) in [5, 5.41) is 5.90. The molecule has 0 spiro atoms. The summed E-state index contributed by atoms with van der Waals surface area (Å²) < 4.78 is 5.50. The second kappa shape index (κ2) is 9.54. The van der Waals surface area contributed by atoms with E-state index < -0.39 is 5.54 Å². The first-order chi connectivity index (χ1) is 15.1. The minimum atomic E-state index is -1.06. The number of benzene rings is 1. The zero-order chi connectivity index (χ0) is 23.4. The molecule has 8 nitrogen and oxygen atoms in total. The summed E-state index contributed by atoms with van der Waals surface area (Å²) in [4.78, 5) is 36.9. The molecule has 1 fully saturated rings. The Labute approximate surface area is 189 Å². The Morgan fingerprint density at radius 1 is 1.22 bits per heavy atom. The first kappa shape index (κ1) is 23.5. The summed E-state index contributed by atoms with van der Waals surface area (Å²) in [5.41, 5.74) is -0.531. The number of amides is 2. The number of aromatic nitrogens is 2. The molecule has 0 unspecified atom stereocenters. The van der Waals surface area contributed by atoms with Gasteiger partial charge in [0.05, 0.1) is 0 Å². The maximum absolute atomic E-state index is 13.4. The Bertz CT molecular complexity index is 963. The number of likely N-dealkylation sites (tertiary alicyclic amines) is 1. The monoisotopic (exact) mass is 439 g/mol. The number of rotatable bonds is 7. The lowest BCUT2D eigenvalue weighted by atomic mass is 9.80. The lowest BCUT2D eigenvalue weighted by Crippen LogP contribution is -2.60. The van der Waals surface area contributed by atoms with Gasteiger partial charge in [-0.2, -0.15) is 0 Å². The molecule has 1 aliphatic rings. The van der Waals surface area contributed by atoms with Gasteiger partial charge < -0.3 is 20.3 Å². The number of anilines is 1. The highest BCUT2D eigenvalue weighted by Crippen LogP contribution is 2.33. The van der Waals surface area contributed by atoms with Crippen LogP contribution in [0.3, 0.4) is 0 Å². The average molecular weight is 440 g/mol. The molecule has 0 aliphatic carbocycles. The molecule has 3 rings (SSSR count). The van der Waals surface area contributed by atoms with Crippen LogP contribution in [0.5, 0.6) is 5.75 Å². The van der Waals surface area contributed by atoms with Crippen molar-refractivity contribution in [2.24, 2.45) is 0 Å². The second-order valence-electron chi connectivity index (χ2n) is 9.13. The average Bonchev–Trinajstić information content (AvgIpc) is 2.77. The quantitative estimate of drug-likeness (QED) is 0.689. The van der Waals surface area contributed by atoms with Crippen LogP contribution in [0.4, 0.5) is 5.82 Å². The number of nitrogens with zero attached hydrogens (tertiary/aromatic N) is 3. The number of carbonyl (C=O) groups excluding carboxylic acids is 2. The standard InChI is InChI=1S/C24H33N5O3/c1-17-14-19(25-5)27-21(26-17)24(4)12-9-13-29(16-24)22(31)23(2,3)28-20(30)15-32-18-10-7-6-8-11-18/h6-8,10-11,14H,9,12-13,15-16H2,1-5H3,(H,28,30)(H,25,26,27)/t24-/m1/s1. The fourth-order valence-corrected chi connectivity index (χ4v) is 4.06. The third kappa shape index (κ3) is 5.55. The first-order valence-electron chi connectivity index (χ1n) is 11.0. The molecule has 1 aromatic heterocycles. The lowest BCUT2D eigenvalue weighted by Gasteiger charge is -2.42. The Balaban J connectivity index is 1.66. The molecule has 172 valence electrons. The zero-order valence-corrected chi connectivity index (χ0v) is 19.6. The molecule has 1 aliphatic heterocycles. The molecular formula is C24H33N5O3. The molecule has 2 heterocycles. The molecule has 1 aromatic carbocycles. The van der Waals surface area contributed by atoms with Crippen molar-refractivity contribution in [3.8, 4) is 5.75 Å². The lowest BCUT2D eigenvalue weighted by molar-refractivity contribution is -0.142. The summed E-state index contributed by atoms with van der Waals surface area (Å²) in [5.74, 6) is 1.64. The van der Waals surface area contributed by atoms with Gasteiger partial charge in [0.1, 0.15) is 22.9 Å². The van der Waals surface area contributed by atoms with Gasteiger partial charge in [-0.15, -0.1) is 0 Å². The van der Waals surface area contributed by atoms with Crippen LogP contribution in [0.25, 0.3) is 0 Å². The number of aryl methyl sites for hydroxylation is 1. The number of ether oxygens (including phenoxy) is 1. The van der Waals surface area contributed by atoms with E-state index in [1.54, 1.807) is 26.0 Å². The van der Waals surface area contributed by atoms with Crippen molar-refractivity contribution in [2.75, 3.05) is 32.1 Å². The number of hydrogen-bond donors (Lipinski definition) is 2. The van der Waals surface area contributed by atoms with Crippen LogP contribution in [-0.4, -0.2) is 59.0 Å². The molecule has 0 bridgehead atoms. The Morgan fingerprint density at radius 3 is 2.62 bits per heavy atom. The topological polar surface area (TPSA) is 96.5 Å². The van der Waals surface area contributed by atoms with Crippen LogP contribution in [0.1, 0.15) is 45.1 Å². The van der Waals surface area contributed by atoms with E-state index >= 15 is 0 Å². The van der Waals surface area contributed by atoms with E-state index in [2.05, 4.69) is 27.5 Å². The summed E-state index contributed by atoms with van der Waals surface area (Å²) >= 11 is 0. The molecular weight excluding hydrogens is 406 g/mol. The predicted octanol–water partition coefficient (Wildman–Crippen LogP) is 2.68.